The average molecular weight is 384 g/mol. The van der Waals surface area contributed by atoms with Gasteiger partial charge in [0.1, 0.15) is 0 Å². The first kappa shape index (κ1) is 18.8. The third-order valence-corrected chi connectivity index (χ3v) is 4.89. The van der Waals surface area contributed by atoms with Gasteiger partial charge in [-0.2, -0.15) is 0 Å². The van der Waals surface area contributed by atoms with Crippen molar-refractivity contribution < 1.29 is 27.5 Å². The fourth-order valence-electron chi connectivity index (χ4n) is 1.96. The number of ether oxygens (including phenoxy) is 2. The van der Waals surface area contributed by atoms with Crippen LogP contribution in [0.3, 0.4) is 0 Å². The summed E-state index contributed by atoms with van der Waals surface area (Å²) in [5.41, 5.74) is 0.223. The summed E-state index contributed by atoms with van der Waals surface area (Å²) >= 11 is 5.99. The van der Waals surface area contributed by atoms with Crippen molar-refractivity contribution in [2.24, 2.45) is 0 Å². The van der Waals surface area contributed by atoms with E-state index >= 15 is 0 Å². The van der Waals surface area contributed by atoms with Crippen molar-refractivity contribution in [1.82, 2.24) is 0 Å². The molecule has 0 saturated heterocycles. The molecule has 0 saturated carbocycles. The van der Waals surface area contributed by atoms with E-state index in [-0.39, 0.29) is 26.7 Å². The van der Waals surface area contributed by atoms with Gasteiger partial charge in [-0.3, -0.25) is 4.72 Å². The highest BCUT2D eigenvalue weighted by atomic mass is 35.5. The van der Waals surface area contributed by atoms with Crippen LogP contribution in [0.4, 0.5) is 5.69 Å². The van der Waals surface area contributed by atoms with Crippen molar-refractivity contribution in [3.63, 3.8) is 0 Å². The lowest BCUT2D eigenvalue weighted by Gasteiger charge is -2.11. The monoisotopic (exact) mass is 383 g/mol. The smallest absolute Gasteiger partial charge is 0.337 e. The lowest BCUT2D eigenvalue weighted by atomic mass is 10.2. The van der Waals surface area contributed by atoms with Crippen molar-refractivity contribution in [2.75, 3.05) is 18.9 Å². The number of esters is 2. The minimum Gasteiger partial charge on any atom is -0.465 e. The molecule has 0 aromatic heterocycles. The summed E-state index contributed by atoms with van der Waals surface area (Å²) in [4.78, 5) is 23.0. The van der Waals surface area contributed by atoms with Crippen LogP contribution in [0.5, 0.6) is 0 Å². The molecule has 0 amide bonds. The second kappa shape index (κ2) is 7.54. The van der Waals surface area contributed by atoms with E-state index in [1.807, 2.05) is 0 Å². The van der Waals surface area contributed by atoms with Crippen molar-refractivity contribution in [3.8, 4) is 0 Å². The Balaban J connectivity index is 2.39. The van der Waals surface area contributed by atoms with Gasteiger partial charge in [-0.25, -0.2) is 18.0 Å². The van der Waals surface area contributed by atoms with Crippen LogP contribution in [-0.2, 0) is 19.5 Å². The van der Waals surface area contributed by atoms with Gasteiger partial charge >= 0.3 is 11.9 Å². The fourth-order valence-corrected chi connectivity index (χ4v) is 3.30. The SMILES string of the molecule is COC(=O)c1cccc(S(=O)(=O)Nc2cc(C(=O)OC)ccc2Cl)c1. The first-order valence-corrected chi connectivity index (χ1v) is 8.73. The van der Waals surface area contributed by atoms with E-state index in [0.717, 1.165) is 0 Å². The zero-order valence-electron chi connectivity index (χ0n) is 13.3. The second-order valence-electron chi connectivity index (χ2n) is 4.81. The summed E-state index contributed by atoms with van der Waals surface area (Å²) < 4.78 is 36.5. The summed E-state index contributed by atoms with van der Waals surface area (Å²) in [7, 11) is -1.64. The molecule has 0 aliphatic rings. The molecule has 0 unspecified atom stereocenters. The molecule has 0 fully saturated rings. The molecule has 2 aromatic rings. The molecule has 0 aliphatic carbocycles. The van der Waals surface area contributed by atoms with E-state index in [1.165, 1.54) is 56.7 Å². The maximum atomic E-state index is 12.5. The number of carbonyl (C=O) groups excluding carboxylic acids is 2. The Bertz CT molecular complexity index is 926. The molecule has 1 N–H and O–H groups in total. The quantitative estimate of drug-likeness (QED) is 0.797. The Morgan fingerprint density at radius 3 is 2.16 bits per heavy atom. The van der Waals surface area contributed by atoms with E-state index in [0.29, 0.717) is 0 Å². The molecule has 25 heavy (non-hydrogen) atoms. The van der Waals surface area contributed by atoms with Crippen LogP contribution in [0, 0.1) is 0 Å². The number of nitrogens with one attached hydrogen (secondary N) is 1. The Labute approximate surface area is 149 Å². The summed E-state index contributed by atoms with van der Waals surface area (Å²) in [6.07, 6.45) is 0. The molecule has 0 heterocycles. The number of sulfonamides is 1. The topological polar surface area (TPSA) is 98.8 Å². The summed E-state index contributed by atoms with van der Waals surface area (Å²) in [6, 6.07) is 9.36. The molecule has 7 nitrogen and oxygen atoms in total. The number of carbonyl (C=O) groups is 2. The van der Waals surface area contributed by atoms with E-state index < -0.39 is 22.0 Å². The van der Waals surface area contributed by atoms with Gasteiger partial charge in [-0.05, 0) is 36.4 Å². The van der Waals surface area contributed by atoms with Crippen molar-refractivity contribution in [1.29, 1.82) is 0 Å². The molecule has 2 aromatic carbocycles. The average Bonchev–Trinajstić information content (AvgIpc) is 2.62. The molecule has 132 valence electrons. The van der Waals surface area contributed by atoms with E-state index in [9.17, 15) is 18.0 Å². The van der Waals surface area contributed by atoms with Crippen LogP contribution in [0.25, 0.3) is 0 Å². The van der Waals surface area contributed by atoms with Gasteiger partial charge in [0.05, 0.1) is 41.0 Å². The fraction of sp³-hybridized carbons (Fsp3) is 0.125. The van der Waals surface area contributed by atoms with Gasteiger partial charge in [0.15, 0.2) is 0 Å². The predicted octanol–water partition coefficient (Wildman–Crippen LogP) is 2.71. The van der Waals surface area contributed by atoms with Crippen LogP contribution in [0.1, 0.15) is 20.7 Å². The predicted molar refractivity (Wildman–Crippen MR) is 91.4 cm³/mol. The lowest BCUT2D eigenvalue weighted by molar-refractivity contribution is 0.0591. The van der Waals surface area contributed by atoms with Crippen LogP contribution < -0.4 is 4.72 Å². The number of halogens is 1. The van der Waals surface area contributed by atoms with Crippen molar-refractivity contribution in [2.45, 2.75) is 4.90 Å². The third kappa shape index (κ3) is 4.28. The first-order chi connectivity index (χ1) is 11.8. The maximum Gasteiger partial charge on any atom is 0.337 e. The Hall–Kier alpha value is -2.58. The molecule has 0 spiro atoms. The largest absolute Gasteiger partial charge is 0.465 e. The molecule has 0 atom stereocenters. The van der Waals surface area contributed by atoms with Crippen molar-refractivity contribution in [3.05, 3.63) is 58.6 Å². The number of anilines is 1. The van der Waals surface area contributed by atoms with E-state index in [4.69, 9.17) is 11.6 Å². The molecular weight excluding hydrogens is 370 g/mol. The van der Waals surface area contributed by atoms with Crippen LogP contribution in [-0.4, -0.2) is 34.6 Å². The molecule has 0 bridgehead atoms. The highest BCUT2D eigenvalue weighted by Crippen LogP contribution is 2.26. The van der Waals surface area contributed by atoms with Crippen molar-refractivity contribution >= 4 is 39.3 Å². The molecule has 0 radical (unpaired) electrons. The van der Waals surface area contributed by atoms with Crippen LogP contribution in [0.2, 0.25) is 5.02 Å². The maximum absolute atomic E-state index is 12.5. The van der Waals surface area contributed by atoms with Crippen LogP contribution >= 0.6 is 11.6 Å². The minimum atomic E-state index is -4.04. The highest BCUT2D eigenvalue weighted by Gasteiger charge is 2.19. The third-order valence-electron chi connectivity index (χ3n) is 3.20. The number of rotatable bonds is 5. The number of methoxy groups -OCH3 is 2. The Kier molecular flexibility index (Phi) is 5.66. The summed E-state index contributed by atoms with van der Waals surface area (Å²) in [6.45, 7) is 0. The Morgan fingerprint density at radius 2 is 1.56 bits per heavy atom. The van der Waals surface area contributed by atoms with Gasteiger partial charge in [0, 0.05) is 0 Å². The van der Waals surface area contributed by atoms with E-state index in [1.54, 1.807) is 0 Å². The summed E-state index contributed by atoms with van der Waals surface area (Å²) in [5, 5.41) is 0.0975. The highest BCUT2D eigenvalue weighted by molar-refractivity contribution is 7.92. The van der Waals surface area contributed by atoms with Gasteiger partial charge in [0.2, 0.25) is 0 Å². The van der Waals surface area contributed by atoms with Gasteiger partial charge in [-0.15, -0.1) is 0 Å². The zero-order valence-corrected chi connectivity index (χ0v) is 14.8. The normalized spacial score (nSPS) is 10.8. The van der Waals surface area contributed by atoms with Gasteiger partial charge < -0.3 is 9.47 Å². The number of hydrogen-bond donors (Lipinski definition) is 1. The lowest BCUT2D eigenvalue weighted by Crippen LogP contribution is -2.15. The molecule has 9 heteroatoms. The number of benzene rings is 2. The Morgan fingerprint density at radius 1 is 0.960 bits per heavy atom. The standard InChI is InChI=1S/C16H14ClNO6S/c1-23-15(19)10-4-3-5-12(8-10)25(21,22)18-14-9-11(16(20)24-2)6-7-13(14)17/h3-9,18H,1-2H3. The second-order valence-corrected chi connectivity index (χ2v) is 6.90. The van der Waals surface area contributed by atoms with E-state index in [2.05, 4.69) is 14.2 Å². The van der Waals surface area contributed by atoms with Crippen LogP contribution in [0.15, 0.2) is 47.4 Å². The molecule has 0 aliphatic heterocycles. The minimum absolute atomic E-state index is 0.00744. The molecular formula is C16H14ClNO6S. The van der Waals surface area contributed by atoms with Gasteiger partial charge in [0.25, 0.3) is 10.0 Å². The van der Waals surface area contributed by atoms with Gasteiger partial charge in [-0.1, -0.05) is 17.7 Å². The number of hydrogen-bond acceptors (Lipinski definition) is 6. The molecule has 2 rings (SSSR count). The zero-order chi connectivity index (χ0) is 18.6. The first-order valence-electron chi connectivity index (χ1n) is 6.87. The summed E-state index contributed by atoms with van der Waals surface area (Å²) in [5.74, 6) is -1.30.